The van der Waals surface area contributed by atoms with Gasteiger partial charge in [0, 0.05) is 19.2 Å². The van der Waals surface area contributed by atoms with Crippen LogP contribution in [0.1, 0.15) is 20.8 Å². The minimum atomic E-state index is -0.814. The van der Waals surface area contributed by atoms with Crippen LogP contribution in [0.15, 0.2) is 6.07 Å². The molecule has 0 saturated carbocycles. The zero-order valence-electron chi connectivity index (χ0n) is 11.9. The third-order valence-electron chi connectivity index (χ3n) is 2.49. The minimum Gasteiger partial charge on any atom is -0.368 e. The number of carbonyl (C=O) groups excluding carboxylic acids is 1. The van der Waals surface area contributed by atoms with Crippen molar-refractivity contribution in [3.63, 3.8) is 0 Å². The molecule has 1 aromatic heterocycles. The monoisotopic (exact) mass is 286 g/mol. The number of rotatable bonds is 7. The molecule has 0 aliphatic rings. The van der Waals surface area contributed by atoms with Gasteiger partial charge in [0.2, 0.25) is 5.91 Å². The number of carbonyl (C=O) groups is 1. The third-order valence-corrected chi connectivity index (χ3v) is 2.49. The van der Waals surface area contributed by atoms with E-state index in [1.54, 1.807) is 6.92 Å². The molecule has 0 aliphatic carbocycles. The maximum absolute atomic E-state index is 13.9. The molecule has 3 N–H and O–H groups in total. The predicted octanol–water partition coefficient (Wildman–Crippen LogP) is 1.74. The van der Waals surface area contributed by atoms with Crippen molar-refractivity contribution in [3.05, 3.63) is 17.7 Å². The van der Waals surface area contributed by atoms with Crippen LogP contribution in [0.2, 0.25) is 0 Å². The summed E-state index contributed by atoms with van der Waals surface area (Å²) in [6.07, 6.45) is 0. The SMILES string of the molecule is CCNc1nc(N(CC(N)=O)CC(C)C)c(F)cc1F. The van der Waals surface area contributed by atoms with Gasteiger partial charge in [-0.15, -0.1) is 0 Å². The lowest BCUT2D eigenvalue weighted by atomic mass is 10.2. The first-order valence-corrected chi connectivity index (χ1v) is 6.48. The van der Waals surface area contributed by atoms with E-state index in [-0.39, 0.29) is 24.1 Å². The first-order valence-electron chi connectivity index (χ1n) is 6.48. The van der Waals surface area contributed by atoms with E-state index in [0.717, 1.165) is 6.07 Å². The highest BCUT2D eigenvalue weighted by Crippen LogP contribution is 2.23. The number of amides is 1. The van der Waals surface area contributed by atoms with Crippen molar-refractivity contribution >= 4 is 17.5 Å². The van der Waals surface area contributed by atoms with Crippen LogP contribution >= 0.6 is 0 Å². The summed E-state index contributed by atoms with van der Waals surface area (Å²) in [6.45, 7) is 6.29. The van der Waals surface area contributed by atoms with E-state index in [4.69, 9.17) is 5.73 Å². The number of pyridine rings is 1. The third kappa shape index (κ3) is 4.32. The smallest absolute Gasteiger partial charge is 0.237 e. The Bertz CT molecular complexity index is 480. The molecule has 0 aromatic carbocycles. The second-order valence-electron chi connectivity index (χ2n) is 4.90. The highest BCUT2D eigenvalue weighted by atomic mass is 19.1. The van der Waals surface area contributed by atoms with Crippen LogP contribution in [-0.4, -0.2) is 30.5 Å². The Labute approximate surface area is 117 Å². The van der Waals surface area contributed by atoms with E-state index in [1.807, 2.05) is 13.8 Å². The largest absolute Gasteiger partial charge is 0.368 e. The quantitative estimate of drug-likeness (QED) is 0.801. The summed E-state index contributed by atoms with van der Waals surface area (Å²) in [4.78, 5) is 16.4. The minimum absolute atomic E-state index is 0.0397. The molecule has 0 spiro atoms. The molecule has 0 unspecified atom stereocenters. The topological polar surface area (TPSA) is 71.2 Å². The average molecular weight is 286 g/mol. The number of nitrogens with one attached hydrogen (secondary N) is 1. The summed E-state index contributed by atoms with van der Waals surface area (Å²) < 4.78 is 27.4. The number of hydrogen-bond donors (Lipinski definition) is 2. The Kier molecular flexibility index (Phi) is 5.66. The fraction of sp³-hybridized carbons (Fsp3) is 0.538. The number of nitrogens with two attached hydrogens (primary N) is 1. The van der Waals surface area contributed by atoms with E-state index in [9.17, 15) is 13.6 Å². The van der Waals surface area contributed by atoms with Crippen molar-refractivity contribution in [2.45, 2.75) is 20.8 Å². The molecule has 20 heavy (non-hydrogen) atoms. The fourth-order valence-electron chi connectivity index (χ4n) is 1.82. The predicted molar refractivity (Wildman–Crippen MR) is 74.6 cm³/mol. The molecule has 0 fully saturated rings. The Morgan fingerprint density at radius 3 is 2.60 bits per heavy atom. The second-order valence-corrected chi connectivity index (χ2v) is 4.90. The van der Waals surface area contributed by atoms with E-state index in [1.165, 1.54) is 4.90 Å². The standard InChI is InChI=1S/C13H20F2N4O/c1-4-17-12-9(14)5-10(15)13(18-12)19(6-8(2)3)7-11(16)20/h5,8H,4,6-7H2,1-3H3,(H2,16,20)(H,17,18). The summed E-state index contributed by atoms with van der Waals surface area (Å²) >= 11 is 0. The van der Waals surface area contributed by atoms with Crippen LogP contribution in [-0.2, 0) is 4.79 Å². The van der Waals surface area contributed by atoms with Crippen molar-refractivity contribution in [2.24, 2.45) is 11.7 Å². The summed E-state index contributed by atoms with van der Waals surface area (Å²) in [5.74, 6) is -2.12. The van der Waals surface area contributed by atoms with Crippen molar-refractivity contribution in [1.29, 1.82) is 0 Å². The molecular weight excluding hydrogens is 266 g/mol. The lowest BCUT2D eigenvalue weighted by molar-refractivity contribution is -0.116. The van der Waals surface area contributed by atoms with Gasteiger partial charge in [-0.3, -0.25) is 4.79 Å². The van der Waals surface area contributed by atoms with Crippen LogP contribution < -0.4 is 16.0 Å². The molecule has 1 aromatic rings. The Hall–Kier alpha value is -1.92. The summed E-state index contributed by atoms with van der Waals surface area (Å²) in [7, 11) is 0. The number of hydrogen-bond acceptors (Lipinski definition) is 4. The van der Waals surface area contributed by atoms with Crippen LogP contribution in [0.5, 0.6) is 0 Å². The maximum Gasteiger partial charge on any atom is 0.237 e. The Balaban J connectivity index is 3.16. The second kappa shape index (κ2) is 7.02. The average Bonchev–Trinajstić information content (AvgIpc) is 2.30. The normalized spacial score (nSPS) is 10.7. The molecule has 0 radical (unpaired) electrons. The number of nitrogens with zero attached hydrogens (tertiary/aromatic N) is 2. The zero-order valence-corrected chi connectivity index (χ0v) is 11.9. The first kappa shape index (κ1) is 16.1. The molecule has 1 amide bonds. The van der Waals surface area contributed by atoms with Gasteiger partial charge in [0.1, 0.15) is 0 Å². The molecule has 112 valence electrons. The first-order chi connectivity index (χ1) is 9.35. The van der Waals surface area contributed by atoms with Crippen LogP contribution in [0, 0.1) is 17.6 Å². The Morgan fingerprint density at radius 1 is 1.45 bits per heavy atom. The van der Waals surface area contributed by atoms with Gasteiger partial charge >= 0.3 is 0 Å². The van der Waals surface area contributed by atoms with Gasteiger partial charge in [0.15, 0.2) is 23.3 Å². The fourth-order valence-corrected chi connectivity index (χ4v) is 1.82. The summed E-state index contributed by atoms with van der Waals surface area (Å²) in [5.41, 5.74) is 5.16. The molecular formula is C13H20F2N4O. The highest BCUT2D eigenvalue weighted by molar-refractivity contribution is 5.79. The van der Waals surface area contributed by atoms with E-state index in [0.29, 0.717) is 13.1 Å². The molecule has 1 heterocycles. The number of aromatic nitrogens is 1. The number of halogens is 2. The molecule has 1 rings (SSSR count). The van der Waals surface area contributed by atoms with Crippen molar-refractivity contribution in [1.82, 2.24) is 4.98 Å². The molecule has 0 atom stereocenters. The molecule has 0 aliphatic heterocycles. The number of anilines is 2. The number of primary amides is 1. The zero-order chi connectivity index (χ0) is 15.3. The van der Waals surface area contributed by atoms with Gasteiger partial charge in [-0.2, -0.15) is 0 Å². The maximum atomic E-state index is 13.9. The molecule has 0 bridgehead atoms. The van der Waals surface area contributed by atoms with Crippen LogP contribution in [0.4, 0.5) is 20.4 Å². The lowest BCUT2D eigenvalue weighted by Crippen LogP contribution is -2.37. The van der Waals surface area contributed by atoms with Crippen molar-refractivity contribution in [3.8, 4) is 0 Å². The van der Waals surface area contributed by atoms with Crippen molar-refractivity contribution in [2.75, 3.05) is 29.9 Å². The van der Waals surface area contributed by atoms with Gasteiger partial charge in [-0.25, -0.2) is 13.8 Å². The Morgan fingerprint density at radius 2 is 2.10 bits per heavy atom. The van der Waals surface area contributed by atoms with Gasteiger partial charge in [0.25, 0.3) is 0 Å². The van der Waals surface area contributed by atoms with E-state index < -0.39 is 17.5 Å². The summed E-state index contributed by atoms with van der Waals surface area (Å²) in [5, 5.41) is 2.71. The van der Waals surface area contributed by atoms with Gasteiger partial charge in [-0.05, 0) is 12.8 Å². The molecule has 0 saturated heterocycles. The van der Waals surface area contributed by atoms with Gasteiger partial charge in [-0.1, -0.05) is 13.8 Å². The van der Waals surface area contributed by atoms with Gasteiger partial charge in [0.05, 0.1) is 6.54 Å². The van der Waals surface area contributed by atoms with Crippen LogP contribution in [0.3, 0.4) is 0 Å². The van der Waals surface area contributed by atoms with Crippen LogP contribution in [0.25, 0.3) is 0 Å². The molecule has 5 nitrogen and oxygen atoms in total. The lowest BCUT2D eigenvalue weighted by Gasteiger charge is -2.25. The van der Waals surface area contributed by atoms with Crippen molar-refractivity contribution < 1.29 is 13.6 Å². The highest BCUT2D eigenvalue weighted by Gasteiger charge is 2.19. The molecule has 7 heteroatoms. The summed E-state index contributed by atoms with van der Waals surface area (Å²) in [6, 6.07) is 0.759. The van der Waals surface area contributed by atoms with E-state index in [2.05, 4.69) is 10.3 Å². The van der Waals surface area contributed by atoms with E-state index >= 15 is 0 Å². The van der Waals surface area contributed by atoms with Gasteiger partial charge < -0.3 is 16.0 Å².